The standard InChI is InChI=1S/C13H18F3NO/c1-3-11(4-2)17-12(18)9-6-5-7-10(8-9)13(14,15)16/h1,9-11H,4-8H2,2H3,(H,17,18). The van der Waals surface area contributed by atoms with Gasteiger partial charge in [0, 0.05) is 5.92 Å². The maximum atomic E-state index is 12.6. The Bertz CT molecular complexity index is 332. The largest absolute Gasteiger partial charge is 0.391 e. The molecular weight excluding hydrogens is 243 g/mol. The average molecular weight is 261 g/mol. The van der Waals surface area contributed by atoms with E-state index in [-0.39, 0.29) is 24.8 Å². The molecule has 1 fully saturated rings. The van der Waals surface area contributed by atoms with Gasteiger partial charge in [0.2, 0.25) is 5.91 Å². The summed E-state index contributed by atoms with van der Waals surface area (Å²) >= 11 is 0. The van der Waals surface area contributed by atoms with E-state index in [1.54, 1.807) is 0 Å². The summed E-state index contributed by atoms with van der Waals surface area (Å²) in [6.07, 6.45) is 2.56. The second kappa shape index (κ2) is 6.12. The molecule has 0 saturated heterocycles. The minimum absolute atomic E-state index is 0.115. The monoisotopic (exact) mass is 261 g/mol. The number of terminal acetylenes is 1. The Labute approximate surface area is 105 Å². The van der Waals surface area contributed by atoms with Crippen molar-refractivity contribution in [3.8, 4) is 12.3 Å². The molecule has 0 bridgehead atoms. The molecule has 1 amide bonds. The van der Waals surface area contributed by atoms with Crippen LogP contribution in [0.4, 0.5) is 13.2 Å². The van der Waals surface area contributed by atoms with Crippen molar-refractivity contribution in [2.24, 2.45) is 11.8 Å². The Balaban J connectivity index is 2.56. The number of amides is 1. The van der Waals surface area contributed by atoms with E-state index in [0.717, 1.165) is 0 Å². The molecule has 2 nitrogen and oxygen atoms in total. The van der Waals surface area contributed by atoms with Crippen molar-refractivity contribution in [2.75, 3.05) is 0 Å². The Morgan fingerprint density at radius 2 is 2.17 bits per heavy atom. The Morgan fingerprint density at radius 3 is 2.67 bits per heavy atom. The second-order valence-electron chi connectivity index (χ2n) is 4.74. The molecule has 1 rings (SSSR count). The highest BCUT2D eigenvalue weighted by molar-refractivity contribution is 5.79. The van der Waals surface area contributed by atoms with Gasteiger partial charge in [-0.05, 0) is 25.7 Å². The van der Waals surface area contributed by atoms with Crippen LogP contribution in [-0.4, -0.2) is 18.1 Å². The van der Waals surface area contributed by atoms with Gasteiger partial charge in [-0.25, -0.2) is 0 Å². The first kappa shape index (κ1) is 14.9. The smallest absolute Gasteiger partial charge is 0.342 e. The van der Waals surface area contributed by atoms with Crippen LogP contribution in [0, 0.1) is 24.2 Å². The molecule has 1 N–H and O–H groups in total. The lowest BCUT2D eigenvalue weighted by molar-refractivity contribution is -0.186. The highest BCUT2D eigenvalue weighted by Gasteiger charge is 2.43. The SMILES string of the molecule is C#CC(CC)NC(=O)C1CCCC(C(F)(F)F)C1. The van der Waals surface area contributed by atoms with Crippen LogP contribution in [0.15, 0.2) is 0 Å². The van der Waals surface area contributed by atoms with Crippen LogP contribution >= 0.6 is 0 Å². The fourth-order valence-electron chi connectivity index (χ4n) is 2.28. The molecule has 0 spiro atoms. The lowest BCUT2D eigenvalue weighted by Gasteiger charge is -2.30. The minimum atomic E-state index is -4.20. The average Bonchev–Trinajstić information content (AvgIpc) is 2.34. The van der Waals surface area contributed by atoms with E-state index < -0.39 is 18.0 Å². The van der Waals surface area contributed by atoms with Gasteiger partial charge in [0.05, 0.1) is 12.0 Å². The third-order valence-corrected chi connectivity index (χ3v) is 3.43. The van der Waals surface area contributed by atoms with Crippen LogP contribution in [0.2, 0.25) is 0 Å². The van der Waals surface area contributed by atoms with Gasteiger partial charge in [-0.2, -0.15) is 13.2 Å². The number of hydrogen-bond acceptors (Lipinski definition) is 1. The topological polar surface area (TPSA) is 29.1 Å². The first-order valence-corrected chi connectivity index (χ1v) is 6.21. The number of carbonyl (C=O) groups excluding carboxylic acids is 1. The molecular formula is C13H18F3NO. The summed E-state index contributed by atoms with van der Waals surface area (Å²) in [5, 5.41) is 2.62. The number of hydrogen-bond donors (Lipinski definition) is 1. The molecule has 0 aliphatic heterocycles. The summed E-state index contributed by atoms with van der Waals surface area (Å²) in [5.74, 6) is 0.154. The van der Waals surface area contributed by atoms with Crippen molar-refractivity contribution in [3.63, 3.8) is 0 Å². The van der Waals surface area contributed by atoms with Crippen molar-refractivity contribution < 1.29 is 18.0 Å². The predicted molar refractivity (Wildman–Crippen MR) is 62.6 cm³/mol. The maximum absolute atomic E-state index is 12.6. The van der Waals surface area contributed by atoms with Crippen LogP contribution in [0.1, 0.15) is 39.0 Å². The second-order valence-corrected chi connectivity index (χ2v) is 4.74. The van der Waals surface area contributed by atoms with Gasteiger partial charge in [0.25, 0.3) is 0 Å². The van der Waals surface area contributed by atoms with Gasteiger partial charge < -0.3 is 5.32 Å². The quantitative estimate of drug-likeness (QED) is 0.778. The van der Waals surface area contributed by atoms with Crippen LogP contribution in [0.3, 0.4) is 0 Å². The number of nitrogens with one attached hydrogen (secondary N) is 1. The summed E-state index contributed by atoms with van der Waals surface area (Å²) in [6, 6.07) is -0.385. The highest BCUT2D eigenvalue weighted by Crippen LogP contribution is 2.39. The van der Waals surface area contributed by atoms with Crippen molar-refractivity contribution in [2.45, 2.75) is 51.2 Å². The molecule has 3 unspecified atom stereocenters. The first-order valence-electron chi connectivity index (χ1n) is 6.21. The van der Waals surface area contributed by atoms with Gasteiger partial charge >= 0.3 is 6.18 Å². The predicted octanol–water partition coefficient (Wildman–Crippen LogP) is 2.88. The zero-order valence-corrected chi connectivity index (χ0v) is 10.4. The van der Waals surface area contributed by atoms with Crippen LogP contribution in [0.25, 0.3) is 0 Å². The summed E-state index contributed by atoms with van der Waals surface area (Å²) < 4.78 is 37.8. The summed E-state index contributed by atoms with van der Waals surface area (Å²) in [4.78, 5) is 11.8. The third kappa shape index (κ3) is 3.94. The van der Waals surface area contributed by atoms with Crippen molar-refractivity contribution >= 4 is 5.91 Å². The molecule has 1 saturated carbocycles. The molecule has 0 heterocycles. The number of rotatable bonds is 3. The summed E-state index contributed by atoms with van der Waals surface area (Å²) in [6.45, 7) is 1.82. The molecule has 102 valence electrons. The fourth-order valence-corrected chi connectivity index (χ4v) is 2.28. The van der Waals surface area contributed by atoms with Crippen LogP contribution < -0.4 is 5.32 Å². The molecule has 0 radical (unpaired) electrons. The Kier molecular flexibility index (Phi) is 5.06. The van der Waals surface area contributed by atoms with E-state index in [0.29, 0.717) is 19.3 Å². The summed E-state index contributed by atoms with van der Waals surface area (Å²) in [5.41, 5.74) is 0. The molecule has 1 aliphatic rings. The zero-order valence-electron chi connectivity index (χ0n) is 10.4. The van der Waals surface area contributed by atoms with Crippen molar-refractivity contribution in [3.05, 3.63) is 0 Å². The summed E-state index contributed by atoms with van der Waals surface area (Å²) in [7, 11) is 0. The molecule has 3 atom stereocenters. The molecule has 18 heavy (non-hydrogen) atoms. The number of halogens is 3. The molecule has 0 aromatic carbocycles. The molecule has 5 heteroatoms. The molecule has 0 aromatic heterocycles. The van der Waals surface area contributed by atoms with E-state index >= 15 is 0 Å². The van der Waals surface area contributed by atoms with E-state index in [1.165, 1.54) is 0 Å². The van der Waals surface area contributed by atoms with Crippen LogP contribution in [-0.2, 0) is 4.79 Å². The lowest BCUT2D eigenvalue weighted by Crippen LogP contribution is -2.41. The van der Waals surface area contributed by atoms with E-state index in [9.17, 15) is 18.0 Å². The molecule has 1 aliphatic carbocycles. The van der Waals surface area contributed by atoms with Crippen molar-refractivity contribution in [1.29, 1.82) is 0 Å². The lowest BCUT2D eigenvalue weighted by atomic mass is 9.80. The van der Waals surface area contributed by atoms with Gasteiger partial charge in [-0.1, -0.05) is 19.3 Å². The van der Waals surface area contributed by atoms with Gasteiger partial charge in [-0.3, -0.25) is 4.79 Å². The van der Waals surface area contributed by atoms with E-state index in [4.69, 9.17) is 6.42 Å². The van der Waals surface area contributed by atoms with Gasteiger partial charge in [-0.15, -0.1) is 6.42 Å². The Morgan fingerprint density at radius 1 is 1.50 bits per heavy atom. The van der Waals surface area contributed by atoms with E-state index in [1.807, 2.05) is 6.92 Å². The van der Waals surface area contributed by atoms with Gasteiger partial charge in [0.15, 0.2) is 0 Å². The number of carbonyl (C=O) groups is 1. The molecule has 0 aromatic rings. The first-order chi connectivity index (χ1) is 8.38. The maximum Gasteiger partial charge on any atom is 0.391 e. The zero-order chi connectivity index (χ0) is 13.8. The third-order valence-electron chi connectivity index (χ3n) is 3.43. The van der Waals surface area contributed by atoms with Crippen LogP contribution in [0.5, 0.6) is 0 Å². The highest BCUT2D eigenvalue weighted by atomic mass is 19.4. The number of alkyl halides is 3. The Hall–Kier alpha value is -1.18. The minimum Gasteiger partial charge on any atom is -0.342 e. The van der Waals surface area contributed by atoms with E-state index in [2.05, 4.69) is 11.2 Å². The fraction of sp³-hybridized carbons (Fsp3) is 0.769. The van der Waals surface area contributed by atoms with Crippen molar-refractivity contribution in [1.82, 2.24) is 5.32 Å². The normalized spacial score (nSPS) is 26.2. The van der Waals surface area contributed by atoms with Gasteiger partial charge in [0.1, 0.15) is 0 Å².